The molecule has 0 aliphatic rings. The van der Waals surface area contributed by atoms with Gasteiger partial charge in [-0.1, -0.05) is 40.2 Å². The Morgan fingerprint density at radius 1 is 1.23 bits per heavy atom. The van der Waals surface area contributed by atoms with Crippen molar-refractivity contribution in [2.24, 2.45) is 0 Å². The van der Waals surface area contributed by atoms with Gasteiger partial charge in [0.15, 0.2) is 11.5 Å². The molecule has 0 amide bonds. The van der Waals surface area contributed by atoms with Crippen LogP contribution in [0.5, 0.6) is 11.5 Å². The van der Waals surface area contributed by atoms with Crippen LogP contribution in [0.25, 0.3) is 6.08 Å². The Bertz CT molecular complexity index is 838. The van der Waals surface area contributed by atoms with Gasteiger partial charge in [-0.3, -0.25) is 0 Å². The number of ether oxygens (including phenoxy) is 3. The van der Waals surface area contributed by atoms with E-state index in [1.807, 2.05) is 30.3 Å². The first-order valence-corrected chi connectivity index (χ1v) is 8.71. The number of halogens is 1. The molecule has 0 aliphatic carbocycles. The highest BCUT2D eigenvalue weighted by Gasteiger charge is 2.14. The minimum atomic E-state index is -0.670. The van der Waals surface area contributed by atoms with E-state index in [2.05, 4.69) is 15.9 Å². The lowest BCUT2D eigenvalue weighted by atomic mass is 10.1. The molecule has 0 aromatic heterocycles. The number of carbonyl (C=O) groups is 1. The van der Waals surface area contributed by atoms with Crippen molar-refractivity contribution in [3.05, 3.63) is 63.6 Å². The number of nitrogens with zero attached hydrogens (tertiary/aromatic N) is 1. The Kier molecular flexibility index (Phi) is 7.24. The molecular weight excluding hydrogens is 398 g/mol. The maximum Gasteiger partial charge on any atom is 0.348 e. The van der Waals surface area contributed by atoms with Gasteiger partial charge in [0.1, 0.15) is 18.2 Å². The molecule has 0 saturated heterocycles. The zero-order valence-corrected chi connectivity index (χ0v) is 16.1. The quantitative estimate of drug-likeness (QED) is 0.378. The molecular formula is C20H18BrNO4. The zero-order chi connectivity index (χ0) is 18.9. The lowest BCUT2D eigenvalue weighted by Crippen LogP contribution is -2.06. The van der Waals surface area contributed by atoms with Crippen LogP contribution in [0.15, 0.2) is 52.5 Å². The number of carbonyl (C=O) groups excluding carboxylic acids is 1. The molecule has 0 aliphatic heterocycles. The number of esters is 1. The second-order valence-corrected chi connectivity index (χ2v) is 6.10. The highest BCUT2D eigenvalue weighted by Crippen LogP contribution is 2.33. The lowest BCUT2D eigenvalue weighted by molar-refractivity contribution is -0.137. The molecule has 2 rings (SSSR count). The van der Waals surface area contributed by atoms with Crippen LogP contribution >= 0.6 is 15.9 Å². The fourth-order valence-electron chi connectivity index (χ4n) is 2.20. The number of rotatable bonds is 7. The van der Waals surface area contributed by atoms with Crippen molar-refractivity contribution >= 4 is 28.0 Å². The number of hydrogen-bond acceptors (Lipinski definition) is 5. The number of methoxy groups -OCH3 is 1. The van der Waals surface area contributed by atoms with Crippen LogP contribution in [0.1, 0.15) is 18.1 Å². The summed E-state index contributed by atoms with van der Waals surface area (Å²) in [6, 6.07) is 14.9. The van der Waals surface area contributed by atoms with Gasteiger partial charge in [0.25, 0.3) is 0 Å². The molecule has 0 fully saturated rings. The fraction of sp³-hybridized carbons (Fsp3) is 0.200. The summed E-state index contributed by atoms with van der Waals surface area (Å²) in [6.45, 7) is 2.20. The maximum absolute atomic E-state index is 11.9. The van der Waals surface area contributed by atoms with E-state index >= 15 is 0 Å². The van der Waals surface area contributed by atoms with E-state index in [0.29, 0.717) is 23.7 Å². The summed E-state index contributed by atoms with van der Waals surface area (Å²) in [6.07, 6.45) is 1.44. The normalized spacial score (nSPS) is 10.8. The van der Waals surface area contributed by atoms with Crippen molar-refractivity contribution in [1.29, 1.82) is 5.26 Å². The topological polar surface area (TPSA) is 68.6 Å². The van der Waals surface area contributed by atoms with Gasteiger partial charge < -0.3 is 14.2 Å². The highest BCUT2D eigenvalue weighted by molar-refractivity contribution is 9.10. The van der Waals surface area contributed by atoms with Crippen molar-refractivity contribution in [2.45, 2.75) is 13.5 Å². The average Bonchev–Trinajstić information content (AvgIpc) is 2.66. The second kappa shape index (κ2) is 9.64. The Labute approximate surface area is 160 Å². The van der Waals surface area contributed by atoms with Gasteiger partial charge in [0.2, 0.25) is 0 Å². The number of benzene rings is 2. The van der Waals surface area contributed by atoms with Crippen LogP contribution in [0, 0.1) is 11.3 Å². The van der Waals surface area contributed by atoms with Gasteiger partial charge in [-0.05, 0) is 36.8 Å². The molecule has 0 radical (unpaired) electrons. The van der Waals surface area contributed by atoms with E-state index in [4.69, 9.17) is 14.2 Å². The predicted octanol–water partition coefficient (Wildman–Crippen LogP) is 4.51. The molecule has 6 heteroatoms. The van der Waals surface area contributed by atoms with E-state index in [1.54, 1.807) is 25.1 Å². The van der Waals surface area contributed by atoms with Crippen LogP contribution in [0.4, 0.5) is 0 Å². The Balaban J connectivity index is 2.33. The molecule has 0 atom stereocenters. The van der Waals surface area contributed by atoms with Gasteiger partial charge in [0, 0.05) is 10.0 Å². The largest absolute Gasteiger partial charge is 0.493 e. The number of hydrogen-bond donors (Lipinski definition) is 0. The van der Waals surface area contributed by atoms with Crippen LogP contribution in [-0.2, 0) is 16.1 Å². The van der Waals surface area contributed by atoms with Crippen LogP contribution in [-0.4, -0.2) is 19.7 Å². The molecule has 0 N–H and O–H groups in total. The molecule has 0 unspecified atom stereocenters. The Hall–Kier alpha value is -2.78. The van der Waals surface area contributed by atoms with Crippen molar-refractivity contribution in [1.82, 2.24) is 0 Å². The summed E-state index contributed by atoms with van der Waals surface area (Å²) in [5, 5.41) is 9.24. The minimum absolute atomic E-state index is 0.103. The average molecular weight is 416 g/mol. The highest BCUT2D eigenvalue weighted by atomic mass is 79.9. The number of para-hydroxylation sites is 1. The van der Waals surface area contributed by atoms with E-state index in [1.165, 1.54) is 13.2 Å². The van der Waals surface area contributed by atoms with Crippen molar-refractivity contribution in [3.63, 3.8) is 0 Å². The van der Waals surface area contributed by atoms with E-state index < -0.39 is 5.97 Å². The standard InChI is InChI=1S/C20H18BrNO4/c1-3-25-20(23)16(12-22)11-15-5-4-6-18(24-2)19(15)26-13-14-7-9-17(21)10-8-14/h4-11H,3,13H2,1-2H3/b16-11+. The van der Waals surface area contributed by atoms with Gasteiger partial charge in [-0.15, -0.1) is 0 Å². The van der Waals surface area contributed by atoms with Crippen LogP contribution in [0.3, 0.4) is 0 Å². The first kappa shape index (κ1) is 19.5. The Morgan fingerprint density at radius 3 is 2.58 bits per heavy atom. The third-order valence-electron chi connectivity index (χ3n) is 3.44. The van der Waals surface area contributed by atoms with E-state index in [-0.39, 0.29) is 12.2 Å². The summed E-state index contributed by atoms with van der Waals surface area (Å²) < 4.78 is 17.2. The zero-order valence-electron chi connectivity index (χ0n) is 14.5. The van der Waals surface area contributed by atoms with E-state index in [0.717, 1.165) is 10.0 Å². The van der Waals surface area contributed by atoms with E-state index in [9.17, 15) is 10.1 Å². The molecule has 0 spiro atoms. The molecule has 134 valence electrons. The van der Waals surface area contributed by atoms with Gasteiger partial charge in [-0.2, -0.15) is 5.26 Å². The molecule has 2 aromatic rings. The van der Waals surface area contributed by atoms with Crippen LogP contribution in [0.2, 0.25) is 0 Å². The summed E-state index contributed by atoms with van der Waals surface area (Å²) in [5.74, 6) is 0.295. The molecule has 0 bridgehead atoms. The smallest absolute Gasteiger partial charge is 0.348 e. The van der Waals surface area contributed by atoms with Crippen LogP contribution < -0.4 is 9.47 Å². The van der Waals surface area contributed by atoms with Gasteiger partial charge >= 0.3 is 5.97 Å². The Morgan fingerprint density at radius 2 is 1.96 bits per heavy atom. The van der Waals surface area contributed by atoms with Crippen molar-refractivity contribution in [3.8, 4) is 17.6 Å². The lowest BCUT2D eigenvalue weighted by Gasteiger charge is -2.14. The third kappa shape index (κ3) is 5.11. The fourth-order valence-corrected chi connectivity index (χ4v) is 2.46. The number of nitriles is 1. The molecule has 0 heterocycles. The second-order valence-electron chi connectivity index (χ2n) is 5.18. The molecule has 0 saturated carbocycles. The van der Waals surface area contributed by atoms with Crippen molar-refractivity contribution in [2.75, 3.05) is 13.7 Å². The molecule has 26 heavy (non-hydrogen) atoms. The van der Waals surface area contributed by atoms with Gasteiger partial charge in [-0.25, -0.2) is 4.79 Å². The maximum atomic E-state index is 11.9. The first-order chi connectivity index (χ1) is 12.6. The third-order valence-corrected chi connectivity index (χ3v) is 3.97. The molecule has 5 nitrogen and oxygen atoms in total. The summed E-state index contributed by atoms with van der Waals surface area (Å²) in [4.78, 5) is 11.9. The van der Waals surface area contributed by atoms with Crippen molar-refractivity contribution < 1.29 is 19.0 Å². The first-order valence-electron chi connectivity index (χ1n) is 7.92. The minimum Gasteiger partial charge on any atom is -0.493 e. The summed E-state index contributed by atoms with van der Waals surface area (Å²) in [7, 11) is 1.53. The predicted molar refractivity (Wildman–Crippen MR) is 102 cm³/mol. The monoisotopic (exact) mass is 415 g/mol. The molecule has 2 aromatic carbocycles. The van der Waals surface area contributed by atoms with Gasteiger partial charge in [0.05, 0.1) is 13.7 Å². The SMILES string of the molecule is CCOC(=O)/C(C#N)=C/c1cccc(OC)c1OCc1ccc(Br)cc1. The summed E-state index contributed by atoms with van der Waals surface area (Å²) >= 11 is 3.39. The summed E-state index contributed by atoms with van der Waals surface area (Å²) in [5.41, 5.74) is 1.43.